The first-order chi connectivity index (χ1) is 5.41. The van der Waals surface area contributed by atoms with E-state index in [4.69, 9.17) is 4.52 Å². The third-order valence-corrected chi connectivity index (χ3v) is 1.47. The van der Waals surface area contributed by atoms with Gasteiger partial charge in [0.05, 0.1) is 0 Å². The van der Waals surface area contributed by atoms with Crippen LogP contribution in [0.3, 0.4) is 0 Å². The topological polar surface area (TPSA) is 42.2 Å². The Balaban J connectivity index is 2.92. The number of nitrogens with zero attached hydrogens (tertiary/aromatic N) is 3. The van der Waals surface area contributed by atoms with Gasteiger partial charge in [-0.3, -0.25) is 0 Å². The molecule has 0 saturated carbocycles. The molecular weight excluding hydrogens is 154 g/mol. The summed E-state index contributed by atoms with van der Waals surface area (Å²) in [5.41, 5.74) is -0.0439. The van der Waals surface area contributed by atoms with Gasteiger partial charge in [-0.05, 0) is 0 Å². The van der Waals surface area contributed by atoms with Crippen LogP contribution < -0.4 is 4.90 Å². The van der Waals surface area contributed by atoms with Crippen LogP contribution >= 0.6 is 0 Å². The van der Waals surface area contributed by atoms with Crippen molar-refractivity contribution in [3.05, 3.63) is 5.82 Å². The van der Waals surface area contributed by atoms with Gasteiger partial charge >= 0.3 is 6.01 Å². The molecule has 1 aromatic heterocycles. The first kappa shape index (κ1) is 9.03. The number of hydrogen-bond donors (Lipinski definition) is 0. The van der Waals surface area contributed by atoms with Crippen LogP contribution in [0.25, 0.3) is 0 Å². The van der Waals surface area contributed by atoms with Gasteiger partial charge in [-0.25, -0.2) is 0 Å². The lowest BCUT2D eigenvalue weighted by atomic mass is 9.96. The largest absolute Gasteiger partial charge is 0.331 e. The zero-order valence-electron chi connectivity index (χ0n) is 8.25. The van der Waals surface area contributed by atoms with Crippen LogP contribution in [0.4, 0.5) is 6.01 Å². The number of anilines is 1. The standard InChI is InChI=1S/C8H15N3O/c1-8(2,3)6-9-7(11(4)5)12-10-6/h1-5H3. The van der Waals surface area contributed by atoms with Crippen molar-refractivity contribution < 1.29 is 4.52 Å². The molecule has 4 heteroatoms. The van der Waals surface area contributed by atoms with E-state index in [0.29, 0.717) is 6.01 Å². The maximum Gasteiger partial charge on any atom is 0.323 e. The summed E-state index contributed by atoms with van der Waals surface area (Å²) >= 11 is 0. The summed E-state index contributed by atoms with van der Waals surface area (Å²) in [6.45, 7) is 6.16. The molecule has 68 valence electrons. The molecule has 1 aromatic rings. The van der Waals surface area contributed by atoms with Crippen molar-refractivity contribution in [3.63, 3.8) is 0 Å². The highest BCUT2D eigenvalue weighted by atomic mass is 16.5. The Morgan fingerprint density at radius 1 is 1.25 bits per heavy atom. The fourth-order valence-corrected chi connectivity index (χ4v) is 0.702. The molecule has 0 unspecified atom stereocenters. The van der Waals surface area contributed by atoms with Gasteiger partial charge in [0.15, 0.2) is 5.82 Å². The SMILES string of the molecule is CN(C)c1nc(C(C)(C)C)no1. The lowest BCUT2D eigenvalue weighted by Gasteiger charge is -2.11. The Bertz CT molecular complexity index is 260. The molecule has 1 rings (SSSR count). The van der Waals surface area contributed by atoms with Crippen molar-refractivity contribution in [2.75, 3.05) is 19.0 Å². The maximum atomic E-state index is 5.02. The summed E-state index contributed by atoms with van der Waals surface area (Å²) in [5, 5.41) is 3.88. The van der Waals surface area contributed by atoms with Crippen LogP contribution in [0.5, 0.6) is 0 Å². The normalized spacial score (nSPS) is 11.8. The molecule has 0 saturated heterocycles. The van der Waals surface area contributed by atoms with E-state index in [1.165, 1.54) is 0 Å². The van der Waals surface area contributed by atoms with Gasteiger partial charge in [-0.1, -0.05) is 25.9 Å². The van der Waals surface area contributed by atoms with Crippen LogP contribution in [-0.2, 0) is 5.41 Å². The van der Waals surface area contributed by atoms with E-state index in [1.54, 1.807) is 4.90 Å². The first-order valence-corrected chi connectivity index (χ1v) is 3.93. The van der Waals surface area contributed by atoms with Crippen molar-refractivity contribution in [2.45, 2.75) is 26.2 Å². The second-order valence-corrected chi connectivity index (χ2v) is 4.04. The van der Waals surface area contributed by atoms with Crippen molar-refractivity contribution in [3.8, 4) is 0 Å². The van der Waals surface area contributed by atoms with Crippen molar-refractivity contribution in [2.24, 2.45) is 0 Å². The van der Waals surface area contributed by atoms with E-state index in [1.807, 2.05) is 14.1 Å². The molecule has 0 radical (unpaired) electrons. The Morgan fingerprint density at radius 2 is 1.83 bits per heavy atom. The average molecular weight is 169 g/mol. The highest BCUT2D eigenvalue weighted by Crippen LogP contribution is 2.20. The average Bonchev–Trinajstić information content (AvgIpc) is 2.30. The molecule has 4 nitrogen and oxygen atoms in total. The third-order valence-electron chi connectivity index (χ3n) is 1.47. The summed E-state index contributed by atoms with van der Waals surface area (Å²) in [7, 11) is 3.75. The molecule has 0 fully saturated rings. The Labute approximate surface area is 72.6 Å². The quantitative estimate of drug-likeness (QED) is 0.637. The minimum Gasteiger partial charge on any atom is -0.331 e. The zero-order valence-corrected chi connectivity index (χ0v) is 8.25. The molecule has 0 N–H and O–H groups in total. The van der Waals surface area contributed by atoms with Gasteiger partial charge < -0.3 is 9.42 Å². The van der Waals surface area contributed by atoms with Crippen molar-refractivity contribution in [1.29, 1.82) is 0 Å². The van der Waals surface area contributed by atoms with E-state index in [0.717, 1.165) is 5.82 Å². The van der Waals surface area contributed by atoms with Gasteiger partial charge in [-0.2, -0.15) is 4.98 Å². The second kappa shape index (κ2) is 2.77. The van der Waals surface area contributed by atoms with Crippen molar-refractivity contribution >= 4 is 6.01 Å². The van der Waals surface area contributed by atoms with E-state index in [2.05, 4.69) is 30.9 Å². The number of rotatable bonds is 1. The summed E-state index contributed by atoms with van der Waals surface area (Å²) in [5.74, 6) is 0.742. The maximum absolute atomic E-state index is 5.02. The molecule has 0 aliphatic heterocycles. The number of aromatic nitrogens is 2. The lowest BCUT2D eigenvalue weighted by Crippen LogP contribution is -2.14. The predicted molar refractivity (Wildman–Crippen MR) is 47.3 cm³/mol. The Hall–Kier alpha value is -1.06. The van der Waals surface area contributed by atoms with Gasteiger partial charge in [0.2, 0.25) is 0 Å². The fourth-order valence-electron chi connectivity index (χ4n) is 0.702. The molecule has 0 spiro atoms. The smallest absolute Gasteiger partial charge is 0.323 e. The predicted octanol–water partition coefficient (Wildman–Crippen LogP) is 1.43. The Kier molecular flexibility index (Phi) is 2.08. The second-order valence-electron chi connectivity index (χ2n) is 4.04. The molecule has 0 aromatic carbocycles. The fraction of sp³-hybridized carbons (Fsp3) is 0.750. The molecule has 0 amide bonds. The van der Waals surface area contributed by atoms with Crippen LogP contribution in [-0.4, -0.2) is 24.2 Å². The van der Waals surface area contributed by atoms with Crippen LogP contribution in [0.2, 0.25) is 0 Å². The first-order valence-electron chi connectivity index (χ1n) is 3.93. The van der Waals surface area contributed by atoms with Crippen LogP contribution in [0.15, 0.2) is 4.52 Å². The van der Waals surface area contributed by atoms with Gasteiger partial charge in [0.25, 0.3) is 0 Å². The monoisotopic (exact) mass is 169 g/mol. The van der Waals surface area contributed by atoms with E-state index in [9.17, 15) is 0 Å². The molecule has 1 heterocycles. The minimum absolute atomic E-state index is 0.0439. The molecule has 0 atom stereocenters. The van der Waals surface area contributed by atoms with E-state index in [-0.39, 0.29) is 5.41 Å². The third kappa shape index (κ3) is 1.75. The molecule has 0 aliphatic rings. The summed E-state index contributed by atoms with van der Waals surface area (Å²) < 4.78 is 5.02. The summed E-state index contributed by atoms with van der Waals surface area (Å²) in [4.78, 5) is 6.02. The Morgan fingerprint density at radius 3 is 2.08 bits per heavy atom. The van der Waals surface area contributed by atoms with E-state index < -0.39 is 0 Å². The summed E-state index contributed by atoms with van der Waals surface area (Å²) in [6.07, 6.45) is 0. The molecule has 12 heavy (non-hydrogen) atoms. The summed E-state index contributed by atoms with van der Waals surface area (Å²) in [6, 6.07) is 0.555. The minimum atomic E-state index is -0.0439. The van der Waals surface area contributed by atoms with E-state index >= 15 is 0 Å². The van der Waals surface area contributed by atoms with Crippen molar-refractivity contribution in [1.82, 2.24) is 10.1 Å². The molecular formula is C8H15N3O. The number of hydrogen-bond acceptors (Lipinski definition) is 4. The lowest BCUT2D eigenvalue weighted by molar-refractivity contribution is 0.396. The van der Waals surface area contributed by atoms with Gasteiger partial charge in [0, 0.05) is 19.5 Å². The molecule has 0 bridgehead atoms. The highest BCUT2D eigenvalue weighted by molar-refractivity contribution is 5.22. The van der Waals surface area contributed by atoms with Crippen LogP contribution in [0.1, 0.15) is 26.6 Å². The van der Waals surface area contributed by atoms with Gasteiger partial charge in [-0.15, -0.1) is 0 Å². The zero-order chi connectivity index (χ0) is 9.35. The van der Waals surface area contributed by atoms with Crippen LogP contribution in [0, 0.1) is 0 Å². The highest BCUT2D eigenvalue weighted by Gasteiger charge is 2.21. The van der Waals surface area contributed by atoms with Gasteiger partial charge in [0.1, 0.15) is 0 Å². The molecule has 0 aliphatic carbocycles.